The maximum absolute atomic E-state index is 9.69. The molecule has 226 valence electrons. The van der Waals surface area contributed by atoms with Gasteiger partial charge in [-0.1, -0.05) is 91.5 Å². The van der Waals surface area contributed by atoms with Crippen LogP contribution in [-0.2, 0) is 0 Å². The minimum Gasteiger partial charge on any atom is -0.453 e. The molecule has 0 aliphatic heterocycles. The van der Waals surface area contributed by atoms with Gasteiger partial charge < -0.3 is 8.98 Å². The second kappa shape index (κ2) is 11.0. The maximum Gasteiger partial charge on any atom is 0.159 e. The van der Waals surface area contributed by atoms with E-state index in [-0.39, 0.29) is 0 Å². The molecule has 6 aromatic carbocycles. The van der Waals surface area contributed by atoms with Crippen LogP contribution in [0.2, 0.25) is 0 Å². The Morgan fingerprint density at radius 2 is 1.50 bits per heavy atom. The van der Waals surface area contributed by atoms with E-state index in [0.29, 0.717) is 5.56 Å². The van der Waals surface area contributed by atoms with Crippen LogP contribution in [-0.4, -0.2) is 4.57 Å². The Bertz CT molecular complexity index is 2820. The number of furan rings is 1. The molecule has 0 unspecified atom stereocenters. The van der Waals surface area contributed by atoms with Gasteiger partial charge in [0.05, 0.1) is 28.4 Å². The van der Waals surface area contributed by atoms with E-state index < -0.39 is 0 Å². The second-order valence-electron chi connectivity index (χ2n) is 12.0. The number of allylic oxidation sites excluding steroid dienone is 1. The molecule has 48 heavy (non-hydrogen) atoms. The number of benzene rings is 6. The Hall–Kier alpha value is -6.15. The smallest absolute Gasteiger partial charge is 0.159 e. The summed E-state index contributed by atoms with van der Waals surface area (Å²) in [7, 11) is 0. The zero-order chi connectivity index (χ0) is 32.4. The van der Waals surface area contributed by atoms with Crippen molar-refractivity contribution in [2.75, 3.05) is 0 Å². The van der Waals surface area contributed by atoms with E-state index in [1.807, 2.05) is 30.3 Å². The van der Waals surface area contributed by atoms with Crippen LogP contribution in [0.25, 0.3) is 93.9 Å². The lowest BCUT2D eigenvalue weighted by Gasteiger charge is -2.09. The highest BCUT2D eigenvalue weighted by atomic mass is 32.1. The molecule has 0 saturated carbocycles. The fourth-order valence-electron chi connectivity index (χ4n) is 7.24. The minimum absolute atomic E-state index is 0.643. The maximum atomic E-state index is 9.69. The van der Waals surface area contributed by atoms with Gasteiger partial charge in [0, 0.05) is 42.1 Å². The molecule has 0 aliphatic rings. The summed E-state index contributed by atoms with van der Waals surface area (Å²) in [4.78, 5) is 1.22. The van der Waals surface area contributed by atoms with Gasteiger partial charge in [-0.2, -0.15) is 5.26 Å². The molecule has 3 nitrogen and oxygen atoms in total. The van der Waals surface area contributed by atoms with Crippen LogP contribution >= 0.6 is 11.3 Å². The van der Waals surface area contributed by atoms with E-state index in [2.05, 4.69) is 133 Å². The Balaban J connectivity index is 1.38. The van der Waals surface area contributed by atoms with E-state index in [4.69, 9.17) is 4.42 Å². The van der Waals surface area contributed by atoms with Gasteiger partial charge in [-0.05, 0) is 83.8 Å². The monoisotopic (exact) mass is 632 g/mol. The zero-order valence-corrected chi connectivity index (χ0v) is 27.0. The van der Waals surface area contributed by atoms with Gasteiger partial charge in [0.1, 0.15) is 5.58 Å². The first-order valence-corrected chi connectivity index (χ1v) is 16.8. The van der Waals surface area contributed by atoms with Crippen molar-refractivity contribution in [2.45, 2.75) is 6.92 Å². The summed E-state index contributed by atoms with van der Waals surface area (Å²) in [6.45, 7) is 6.20. The van der Waals surface area contributed by atoms with E-state index in [1.165, 1.54) is 15.0 Å². The molecule has 0 radical (unpaired) electrons. The highest BCUT2D eigenvalue weighted by molar-refractivity contribution is 7.20. The molecule has 3 heterocycles. The predicted molar refractivity (Wildman–Crippen MR) is 204 cm³/mol. The number of rotatable bonds is 5. The SMILES string of the molecule is C=Cc1c(/C=C\C)sc2ccc(-c3ccc(-c4ccccc4)c4oc5c(-n6c7ccccc7c7cc(C#N)ccc76)cccc5c34)cc12. The fourth-order valence-corrected chi connectivity index (χ4v) is 8.40. The number of hydrogen-bond donors (Lipinski definition) is 0. The van der Waals surface area contributed by atoms with Crippen LogP contribution in [0.3, 0.4) is 0 Å². The molecular weight excluding hydrogens is 605 g/mol. The number of aromatic nitrogens is 1. The normalized spacial score (nSPS) is 11.8. The first-order chi connectivity index (χ1) is 23.7. The molecule has 9 rings (SSSR count). The fraction of sp³-hybridized carbons (Fsp3) is 0.0227. The molecule has 0 fully saturated rings. The molecule has 0 saturated heterocycles. The van der Waals surface area contributed by atoms with Gasteiger partial charge in [-0.3, -0.25) is 0 Å². The molecule has 4 heteroatoms. The lowest BCUT2D eigenvalue weighted by atomic mass is 9.93. The number of para-hydroxylation sites is 2. The Morgan fingerprint density at radius 3 is 2.33 bits per heavy atom. The highest BCUT2D eigenvalue weighted by Crippen LogP contribution is 2.45. The van der Waals surface area contributed by atoms with E-state index >= 15 is 0 Å². The van der Waals surface area contributed by atoms with Gasteiger partial charge in [0.15, 0.2) is 5.58 Å². The van der Waals surface area contributed by atoms with Crippen molar-refractivity contribution in [3.63, 3.8) is 0 Å². The van der Waals surface area contributed by atoms with Crippen molar-refractivity contribution < 1.29 is 4.42 Å². The number of thiophene rings is 1. The summed E-state index contributed by atoms with van der Waals surface area (Å²) in [6, 6.07) is 44.7. The Kier molecular flexibility index (Phi) is 6.43. The van der Waals surface area contributed by atoms with Gasteiger partial charge in [0.2, 0.25) is 0 Å². The summed E-state index contributed by atoms with van der Waals surface area (Å²) in [6.07, 6.45) is 6.21. The zero-order valence-electron chi connectivity index (χ0n) is 26.2. The summed E-state index contributed by atoms with van der Waals surface area (Å²) < 4.78 is 10.6. The third-order valence-corrected chi connectivity index (χ3v) is 10.5. The van der Waals surface area contributed by atoms with Gasteiger partial charge in [0.25, 0.3) is 0 Å². The molecule has 9 aromatic rings. The molecule has 0 spiro atoms. The van der Waals surface area contributed by atoms with Crippen LogP contribution in [0.4, 0.5) is 0 Å². The lowest BCUT2D eigenvalue weighted by Crippen LogP contribution is -1.94. The summed E-state index contributed by atoms with van der Waals surface area (Å²) in [5.41, 5.74) is 11.0. The summed E-state index contributed by atoms with van der Waals surface area (Å²) in [5, 5.41) is 15.2. The first-order valence-electron chi connectivity index (χ1n) is 16.0. The summed E-state index contributed by atoms with van der Waals surface area (Å²) in [5.74, 6) is 0. The average Bonchev–Trinajstić information content (AvgIpc) is 3.80. The molecule has 0 bridgehead atoms. The van der Waals surface area contributed by atoms with Crippen LogP contribution < -0.4 is 0 Å². The van der Waals surface area contributed by atoms with Crippen molar-refractivity contribution in [1.82, 2.24) is 4.57 Å². The van der Waals surface area contributed by atoms with Crippen molar-refractivity contribution in [2.24, 2.45) is 0 Å². The Labute approximate surface area is 281 Å². The van der Waals surface area contributed by atoms with Crippen LogP contribution in [0.5, 0.6) is 0 Å². The molecule has 0 N–H and O–H groups in total. The van der Waals surface area contributed by atoms with E-state index in [9.17, 15) is 5.26 Å². The van der Waals surface area contributed by atoms with Crippen LogP contribution in [0, 0.1) is 11.3 Å². The quantitative estimate of drug-likeness (QED) is 0.189. The third-order valence-electron chi connectivity index (χ3n) is 9.34. The summed E-state index contributed by atoms with van der Waals surface area (Å²) >= 11 is 1.79. The van der Waals surface area contributed by atoms with Gasteiger partial charge in [-0.25, -0.2) is 0 Å². The van der Waals surface area contributed by atoms with Crippen molar-refractivity contribution in [1.29, 1.82) is 5.26 Å². The minimum atomic E-state index is 0.643. The van der Waals surface area contributed by atoms with Crippen LogP contribution in [0.1, 0.15) is 22.9 Å². The van der Waals surface area contributed by atoms with Crippen LogP contribution in [0.15, 0.2) is 138 Å². The molecule has 0 atom stereocenters. The standard InChI is InChI=1S/C44H28N2OS/c1-3-11-40-30(4-2)36-25-29(19-23-41(36)48-40)31-20-21-32(28-12-6-5-7-13-28)44-42(31)34-15-10-17-39(43(34)47-44)46-37-16-9-8-14-33(37)35-24-27(26-45)18-22-38(35)46/h3-25H,2H2,1H3/b11-3-. The van der Waals surface area contributed by atoms with E-state index in [1.54, 1.807) is 11.3 Å². The molecule has 0 amide bonds. The average molecular weight is 633 g/mol. The second-order valence-corrected chi connectivity index (χ2v) is 13.1. The van der Waals surface area contributed by atoms with Crippen molar-refractivity contribution in [3.8, 4) is 34.0 Å². The number of fused-ring (bicyclic) bond motifs is 7. The van der Waals surface area contributed by atoms with E-state index in [0.717, 1.165) is 77.2 Å². The van der Waals surface area contributed by atoms with Crippen molar-refractivity contribution in [3.05, 3.63) is 150 Å². The Morgan fingerprint density at radius 1 is 0.708 bits per heavy atom. The predicted octanol–water partition coefficient (Wildman–Crippen LogP) is 12.8. The first kappa shape index (κ1) is 28.1. The van der Waals surface area contributed by atoms with Gasteiger partial charge in [-0.15, -0.1) is 11.3 Å². The largest absolute Gasteiger partial charge is 0.453 e. The molecular formula is C44H28N2OS. The number of nitriles is 1. The lowest BCUT2D eigenvalue weighted by molar-refractivity contribution is 0.667. The third kappa shape index (κ3) is 4.12. The topological polar surface area (TPSA) is 41.9 Å². The number of hydrogen-bond acceptors (Lipinski definition) is 3. The highest BCUT2D eigenvalue weighted by Gasteiger charge is 2.22. The van der Waals surface area contributed by atoms with Gasteiger partial charge >= 0.3 is 0 Å². The number of nitrogens with zero attached hydrogens (tertiary/aromatic N) is 2. The molecule has 3 aromatic heterocycles. The van der Waals surface area contributed by atoms with Crippen molar-refractivity contribution >= 4 is 77.3 Å². The molecule has 0 aliphatic carbocycles.